The highest BCUT2D eigenvalue weighted by Crippen LogP contribution is 2.22. The maximum atomic E-state index is 4.70. The van der Waals surface area contributed by atoms with Crippen molar-refractivity contribution in [2.45, 2.75) is 6.54 Å². The lowest BCUT2D eigenvalue weighted by atomic mass is 10.3. The molecule has 26 heavy (non-hydrogen) atoms. The van der Waals surface area contributed by atoms with Crippen LogP contribution in [0.3, 0.4) is 0 Å². The van der Waals surface area contributed by atoms with Gasteiger partial charge in [0.05, 0.1) is 28.3 Å². The topological polar surface area (TPSA) is 51.2 Å². The van der Waals surface area contributed by atoms with Gasteiger partial charge in [0, 0.05) is 20.1 Å². The first-order valence-corrected chi connectivity index (χ1v) is 8.69. The second kappa shape index (κ2) is 6.72. The average Bonchev–Trinajstić information content (AvgIpc) is 3.16. The predicted molar refractivity (Wildman–Crippen MR) is 106 cm³/mol. The van der Waals surface area contributed by atoms with E-state index in [0.717, 1.165) is 41.0 Å². The van der Waals surface area contributed by atoms with Crippen LogP contribution in [0.15, 0.2) is 53.5 Å². The van der Waals surface area contributed by atoms with Crippen LogP contribution in [0.25, 0.3) is 22.1 Å². The standard InChI is InChI=1S/C20H22N6/c1-24(2)12-13-26-18-11-7-5-9-16(18)23-20(26)21-14-19-22-15-8-4-6-10-17(15)25(19)3/h4-11,14H,12-13H2,1-3H3. The van der Waals surface area contributed by atoms with Gasteiger partial charge >= 0.3 is 0 Å². The molecule has 0 aliphatic heterocycles. The van der Waals surface area contributed by atoms with Crippen molar-refractivity contribution in [3.05, 3.63) is 54.4 Å². The van der Waals surface area contributed by atoms with Gasteiger partial charge in [0.25, 0.3) is 0 Å². The molecule has 2 aromatic carbocycles. The van der Waals surface area contributed by atoms with Crippen LogP contribution in [0.5, 0.6) is 0 Å². The summed E-state index contributed by atoms with van der Waals surface area (Å²) >= 11 is 0. The van der Waals surface area contributed by atoms with E-state index in [2.05, 4.69) is 45.7 Å². The van der Waals surface area contributed by atoms with E-state index in [9.17, 15) is 0 Å². The maximum Gasteiger partial charge on any atom is 0.230 e. The van der Waals surface area contributed by atoms with Gasteiger partial charge in [-0.15, -0.1) is 0 Å². The number of aryl methyl sites for hydroxylation is 1. The molecular formula is C20H22N6. The fraction of sp³-hybridized carbons (Fsp3) is 0.250. The molecule has 0 spiro atoms. The molecule has 0 N–H and O–H groups in total. The van der Waals surface area contributed by atoms with E-state index >= 15 is 0 Å². The van der Waals surface area contributed by atoms with Crippen LogP contribution in [-0.2, 0) is 13.6 Å². The third-order valence-electron chi connectivity index (χ3n) is 4.52. The molecule has 0 fully saturated rings. The van der Waals surface area contributed by atoms with Crippen molar-refractivity contribution in [1.82, 2.24) is 24.0 Å². The van der Waals surface area contributed by atoms with Gasteiger partial charge in [-0.25, -0.2) is 15.0 Å². The van der Waals surface area contributed by atoms with Gasteiger partial charge in [0.15, 0.2) is 5.82 Å². The lowest BCUT2D eigenvalue weighted by Gasteiger charge is -2.11. The van der Waals surface area contributed by atoms with Crippen molar-refractivity contribution >= 4 is 34.2 Å². The largest absolute Gasteiger partial charge is 0.326 e. The Morgan fingerprint density at radius 3 is 2.31 bits per heavy atom. The van der Waals surface area contributed by atoms with E-state index in [-0.39, 0.29) is 0 Å². The number of aliphatic imine (C=N–C) groups is 1. The second-order valence-electron chi connectivity index (χ2n) is 6.63. The van der Waals surface area contributed by atoms with Gasteiger partial charge in [-0.3, -0.25) is 0 Å². The average molecular weight is 346 g/mol. The Morgan fingerprint density at radius 2 is 1.62 bits per heavy atom. The zero-order valence-corrected chi connectivity index (χ0v) is 15.3. The quantitative estimate of drug-likeness (QED) is 0.521. The molecule has 0 aliphatic rings. The molecule has 0 atom stereocenters. The summed E-state index contributed by atoms with van der Waals surface area (Å²) in [5.41, 5.74) is 4.13. The third-order valence-corrected chi connectivity index (χ3v) is 4.52. The fourth-order valence-corrected chi connectivity index (χ4v) is 3.08. The van der Waals surface area contributed by atoms with Gasteiger partial charge in [-0.1, -0.05) is 24.3 Å². The summed E-state index contributed by atoms with van der Waals surface area (Å²) in [6, 6.07) is 16.2. The lowest BCUT2D eigenvalue weighted by Crippen LogP contribution is -2.18. The number of hydrogen-bond acceptors (Lipinski definition) is 4. The van der Waals surface area contributed by atoms with Crippen molar-refractivity contribution in [2.75, 3.05) is 20.6 Å². The Labute approximate surface area is 152 Å². The van der Waals surface area contributed by atoms with Crippen molar-refractivity contribution in [2.24, 2.45) is 12.0 Å². The van der Waals surface area contributed by atoms with Crippen molar-refractivity contribution in [1.29, 1.82) is 0 Å². The molecule has 2 heterocycles. The van der Waals surface area contributed by atoms with Crippen LogP contribution < -0.4 is 0 Å². The molecule has 0 radical (unpaired) electrons. The minimum absolute atomic E-state index is 0.708. The molecule has 4 rings (SSSR count). The van der Waals surface area contributed by atoms with Crippen molar-refractivity contribution in [3.63, 3.8) is 0 Å². The van der Waals surface area contributed by atoms with E-state index in [1.54, 1.807) is 6.21 Å². The van der Waals surface area contributed by atoms with E-state index < -0.39 is 0 Å². The van der Waals surface area contributed by atoms with Gasteiger partial charge in [-0.2, -0.15) is 0 Å². The van der Waals surface area contributed by atoms with Crippen molar-refractivity contribution < 1.29 is 0 Å². The summed E-state index contributed by atoms with van der Waals surface area (Å²) in [5, 5.41) is 0. The van der Waals surface area contributed by atoms with E-state index in [1.165, 1.54) is 0 Å². The number of imidazole rings is 2. The molecule has 6 nitrogen and oxygen atoms in total. The molecular weight excluding hydrogens is 324 g/mol. The molecule has 132 valence electrons. The van der Waals surface area contributed by atoms with E-state index in [1.807, 2.05) is 48.0 Å². The fourth-order valence-electron chi connectivity index (χ4n) is 3.08. The molecule has 6 heteroatoms. The first-order valence-electron chi connectivity index (χ1n) is 8.69. The summed E-state index contributed by atoms with van der Waals surface area (Å²) in [7, 11) is 6.15. The van der Waals surface area contributed by atoms with Crippen LogP contribution in [0.4, 0.5) is 5.95 Å². The summed E-state index contributed by atoms with van der Waals surface area (Å²) in [6.45, 7) is 1.76. The van der Waals surface area contributed by atoms with Crippen LogP contribution in [0.2, 0.25) is 0 Å². The first kappa shape index (κ1) is 16.5. The Hall–Kier alpha value is -2.99. The van der Waals surface area contributed by atoms with Crippen LogP contribution in [-0.4, -0.2) is 50.9 Å². The predicted octanol–water partition coefficient (Wildman–Crippen LogP) is 3.24. The van der Waals surface area contributed by atoms with Crippen LogP contribution >= 0.6 is 0 Å². The number of para-hydroxylation sites is 4. The Bertz CT molecular complexity index is 1090. The summed E-state index contributed by atoms with van der Waals surface area (Å²) in [6.07, 6.45) is 1.80. The molecule has 0 bridgehead atoms. The first-order chi connectivity index (χ1) is 12.6. The second-order valence-corrected chi connectivity index (χ2v) is 6.63. The molecule has 2 aromatic heterocycles. The molecule has 0 unspecified atom stereocenters. The van der Waals surface area contributed by atoms with Gasteiger partial charge < -0.3 is 14.0 Å². The lowest BCUT2D eigenvalue weighted by molar-refractivity contribution is 0.387. The molecule has 0 saturated carbocycles. The molecule has 4 aromatic rings. The summed E-state index contributed by atoms with van der Waals surface area (Å²) < 4.78 is 4.21. The molecule has 0 amide bonds. The van der Waals surface area contributed by atoms with Gasteiger partial charge in [-0.05, 0) is 38.4 Å². The minimum atomic E-state index is 0.708. The number of rotatable bonds is 5. The van der Waals surface area contributed by atoms with E-state index in [0.29, 0.717) is 5.95 Å². The SMILES string of the molecule is CN(C)CCn1c(N=Cc2nc3ccccc3n2C)nc2ccccc21. The highest BCUT2D eigenvalue weighted by Gasteiger charge is 2.10. The highest BCUT2D eigenvalue weighted by atomic mass is 15.2. The highest BCUT2D eigenvalue weighted by molar-refractivity contribution is 5.86. The van der Waals surface area contributed by atoms with Gasteiger partial charge in [0.2, 0.25) is 5.95 Å². The number of likely N-dealkylation sites (N-methyl/N-ethyl adjacent to an activating group) is 1. The smallest absolute Gasteiger partial charge is 0.230 e. The monoisotopic (exact) mass is 346 g/mol. The molecule has 0 saturated heterocycles. The van der Waals surface area contributed by atoms with Crippen LogP contribution in [0, 0.1) is 0 Å². The van der Waals surface area contributed by atoms with Crippen LogP contribution in [0.1, 0.15) is 5.82 Å². The minimum Gasteiger partial charge on any atom is -0.326 e. The zero-order valence-electron chi connectivity index (χ0n) is 15.3. The number of benzene rings is 2. The maximum absolute atomic E-state index is 4.70. The number of aromatic nitrogens is 4. The summed E-state index contributed by atoms with van der Waals surface area (Å²) in [4.78, 5) is 16.2. The Morgan fingerprint density at radius 1 is 0.962 bits per heavy atom. The normalized spacial score (nSPS) is 12.2. The number of fused-ring (bicyclic) bond motifs is 2. The zero-order chi connectivity index (χ0) is 18.1. The third kappa shape index (κ3) is 2.99. The number of nitrogens with zero attached hydrogens (tertiary/aromatic N) is 6. The molecule has 0 aliphatic carbocycles. The number of hydrogen-bond donors (Lipinski definition) is 0. The van der Waals surface area contributed by atoms with Crippen molar-refractivity contribution in [3.8, 4) is 0 Å². The van der Waals surface area contributed by atoms with E-state index in [4.69, 9.17) is 4.98 Å². The van der Waals surface area contributed by atoms with Gasteiger partial charge in [0.1, 0.15) is 0 Å². The Balaban J connectivity index is 1.74. The summed E-state index contributed by atoms with van der Waals surface area (Å²) in [5.74, 6) is 1.53. The Kier molecular flexibility index (Phi) is 4.26.